The molecule has 0 spiro atoms. The molecule has 6 amide bonds. The summed E-state index contributed by atoms with van der Waals surface area (Å²) in [5, 5.41) is 18.2. The summed E-state index contributed by atoms with van der Waals surface area (Å²) in [5.74, 6) is 4.63. The molecule has 2 aromatic rings. The van der Waals surface area contributed by atoms with Gasteiger partial charge in [-0.1, -0.05) is 48.5 Å². The molecule has 0 radical (unpaired) electrons. The minimum Gasteiger partial charge on any atom is -0.347 e. The molecule has 6 N–H and O–H groups in total. The number of aryl methyl sites for hydroxylation is 2. The van der Waals surface area contributed by atoms with Gasteiger partial charge in [0.2, 0.25) is 35.4 Å². The zero-order chi connectivity index (χ0) is 45.6. The first-order valence-electron chi connectivity index (χ1n) is 23.8. The SMILES string of the molecule is CN[C@@H](C)C(=O)N[C@@H](CC#CCCC[C@H](NC(=O)[C@H](C)NC)C(=O)N1CCCC[C@H]1C(=O)N[C@@H]1CCCc2ccccc21)C(=O)N1CCCC[C@H]1C(=O)N[C@@H]1CCCc2ccccc21. The second kappa shape index (κ2) is 23.6. The third-order valence-electron chi connectivity index (χ3n) is 13.7. The number of rotatable bonds is 16. The van der Waals surface area contributed by atoms with E-state index in [9.17, 15) is 28.8 Å². The van der Waals surface area contributed by atoms with Gasteiger partial charge in [0.05, 0.1) is 24.2 Å². The molecule has 2 heterocycles. The lowest BCUT2D eigenvalue weighted by molar-refractivity contribution is -0.145. The highest BCUT2D eigenvalue weighted by molar-refractivity contribution is 5.94. The number of benzene rings is 2. The van der Waals surface area contributed by atoms with Crippen molar-refractivity contribution in [2.75, 3.05) is 27.2 Å². The van der Waals surface area contributed by atoms with Gasteiger partial charge in [0.25, 0.3) is 0 Å². The minimum atomic E-state index is -0.972. The van der Waals surface area contributed by atoms with Gasteiger partial charge in [-0.2, -0.15) is 0 Å². The molecule has 14 nitrogen and oxygen atoms in total. The third-order valence-corrected chi connectivity index (χ3v) is 13.7. The van der Waals surface area contributed by atoms with E-state index in [1.165, 1.54) is 11.1 Å². The average molecular weight is 879 g/mol. The van der Waals surface area contributed by atoms with Crippen LogP contribution in [0.2, 0.25) is 0 Å². The number of fused-ring (bicyclic) bond motifs is 2. The van der Waals surface area contributed by atoms with Crippen LogP contribution in [0.3, 0.4) is 0 Å². The summed E-state index contributed by atoms with van der Waals surface area (Å²) in [7, 11) is 3.36. The van der Waals surface area contributed by atoms with Gasteiger partial charge in [0.15, 0.2) is 0 Å². The number of unbranched alkanes of at least 4 members (excludes halogenated alkanes) is 1. The number of piperidine rings is 2. The van der Waals surface area contributed by atoms with Crippen LogP contribution in [-0.4, -0.2) is 109 Å². The molecule has 0 saturated carbocycles. The molecule has 6 rings (SSSR count). The first-order chi connectivity index (χ1) is 31.0. The summed E-state index contributed by atoms with van der Waals surface area (Å²) in [4.78, 5) is 86.2. The van der Waals surface area contributed by atoms with Crippen molar-refractivity contribution < 1.29 is 28.8 Å². The molecule has 64 heavy (non-hydrogen) atoms. The number of hydrogen-bond donors (Lipinski definition) is 6. The largest absolute Gasteiger partial charge is 0.347 e. The number of hydrogen-bond acceptors (Lipinski definition) is 8. The van der Waals surface area contributed by atoms with Gasteiger partial charge in [0.1, 0.15) is 24.2 Å². The summed E-state index contributed by atoms with van der Waals surface area (Å²) in [6, 6.07) is 11.9. The van der Waals surface area contributed by atoms with Crippen LogP contribution in [0, 0.1) is 11.8 Å². The van der Waals surface area contributed by atoms with Crippen LogP contribution in [0.5, 0.6) is 0 Å². The maximum atomic E-state index is 14.4. The van der Waals surface area contributed by atoms with Crippen molar-refractivity contribution in [1.29, 1.82) is 0 Å². The Balaban J connectivity index is 1.10. The molecule has 2 saturated heterocycles. The second-order valence-corrected chi connectivity index (χ2v) is 18.0. The molecular weight excluding hydrogens is 809 g/mol. The van der Waals surface area contributed by atoms with Crippen LogP contribution in [0.4, 0.5) is 0 Å². The van der Waals surface area contributed by atoms with Crippen LogP contribution < -0.4 is 31.9 Å². The highest BCUT2D eigenvalue weighted by Gasteiger charge is 2.39. The molecular formula is C50H70N8O6. The molecule has 2 aliphatic carbocycles. The maximum Gasteiger partial charge on any atom is 0.246 e. The Kier molecular flexibility index (Phi) is 17.8. The lowest BCUT2D eigenvalue weighted by Crippen LogP contribution is -2.58. The van der Waals surface area contributed by atoms with E-state index >= 15 is 0 Å². The smallest absolute Gasteiger partial charge is 0.246 e. The fourth-order valence-electron chi connectivity index (χ4n) is 9.65. The van der Waals surface area contributed by atoms with Crippen LogP contribution in [0.25, 0.3) is 0 Å². The molecule has 2 aromatic carbocycles. The number of likely N-dealkylation sites (N-methyl/N-ethyl adjacent to an activating group) is 2. The van der Waals surface area contributed by atoms with E-state index in [2.05, 4.69) is 68.0 Å². The normalized spacial score (nSPS) is 22.4. The van der Waals surface area contributed by atoms with E-state index in [0.717, 1.165) is 75.3 Å². The summed E-state index contributed by atoms with van der Waals surface area (Å²) in [5.41, 5.74) is 4.74. The van der Waals surface area contributed by atoms with Gasteiger partial charge >= 0.3 is 0 Å². The minimum absolute atomic E-state index is 0.0384. The number of carbonyl (C=O) groups is 6. The highest BCUT2D eigenvalue weighted by Crippen LogP contribution is 2.32. The molecule has 8 atom stereocenters. The van der Waals surface area contributed by atoms with Crippen molar-refractivity contribution in [2.24, 2.45) is 0 Å². The molecule has 346 valence electrons. The molecule has 0 aromatic heterocycles. The Morgan fingerprint density at radius 1 is 0.609 bits per heavy atom. The first-order valence-corrected chi connectivity index (χ1v) is 23.8. The fourth-order valence-corrected chi connectivity index (χ4v) is 9.65. The van der Waals surface area contributed by atoms with E-state index in [4.69, 9.17) is 0 Å². The number of likely N-dealkylation sites (tertiary alicyclic amines) is 2. The van der Waals surface area contributed by atoms with Gasteiger partial charge in [-0.25, -0.2) is 0 Å². The number of carbonyl (C=O) groups excluding carboxylic acids is 6. The topological polar surface area (TPSA) is 181 Å². The highest BCUT2D eigenvalue weighted by atomic mass is 16.2. The second-order valence-electron chi connectivity index (χ2n) is 18.0. The van der Waals surface area contributed by atoms with E-state index in [-0.39, 0.29) is 53.9 Å². The van der Waals surface area contributed by atoms with Crippen molar-refractivity contribution in [3.8, 4) is 11.8 Å². The maximum absolute atomic E-state index is 14.4. The van der Waals surface area contributed by atoms with Gasteiger partial charge in [-0.15, -0.1) is 11.8 Å². The Bertz CT molecular complexity index is 2030. The zero-order valence-electron chi connectivity index (χ0n) is 38.3. The van der Waals surface area contributed by atoms with Gasteiger partial charge in [0, 0.05) is 25.9 Å². The van der Waals surface area contributed by atoms with Crippen molar-refractivity contribution in [3.63, 3.8) is 0 Å². The van der Waals surface area contributed by atoms with E-state index in [1.807, 2.05) is 24.3 Å². The fraction of sp³-hybridized carbons (Fsp3) is 0.600. The van der Waals surface area contributed by atoms with Gasteiger partial charge in [-0.3, -0.25) is 28.8 Å². The predicted octanol–water partition coefficient (Wildman–Crippen LogP) is 3.89. The average Bonchev–Trinajstić information content (AvgIpc) is 3.33. The van der Waals surface area contributed by atoms with Crippen LogP contribution in [-0.2, 0) is 41.6 Å². The van der Waals surface area contributed by atoms with Crippen molar-refractivity contribution >= 4 is 35.4 Å². The molecule has 14 heteroatoms. The monoisotopic (exact) mass is 879 g/mol. The van der Waals surface area contributed by atoms with Crippen molar-refractivity contribution in [3.05, 3.63) is 70.8 Å². The van der Waals surface area contributed by atoms with E-state index in [1.54, 1.807) is 37.7 Å². The zero-order valence-corrected chi connectivity index (χ0v) is 38.3. The Morgan fingerprint density at radius 2 is 1.08 bits per heavy atom. The summed E-state index contributed by atoms with van der Waals surface area (Å²) in [6.07, 6.45) is 11.0. The predicted molar refractivity (Wildman–Crippen MR) is 246 cm³/mol. The van der Waals surface area contributed by atoms with Gasteiger partial charge in [-0.05, 0) is 140 Å². The molecule has 0 unspecified atom stereocenters. The van der Waals surface area contributed by atoms with Crippen LogP contribution in [0.1, 0.15) is 138 Å². The number of nitrogens with zero attached hydrogens (tertiary/aromatic N) is 2. The Hall–Kier alpha value is -5.26. The Morgan fingerprint density at radius 3 is 1.58 bits per heavy atom. The summed E-state index contributed by atoms with van der Waals surface area (Å²) < 4.78 is 0. The summed E-state index contributed by atoms with van der Waals surface area (Å²) >= 11 is 0. The van der Waals surface area contributed by atoms with Crippen LogP contribution in [0.15, 0.2) is 48.5 Å². The van der Waals surface area contributed by atoms with E-state index < -0.39 is 36.3 Å². The lowest BCUT2D eigenvalue weighted by Gasteiger charge is -2.38. The number of nitrogens with one attached hydrogen (secondary N) is 6. The van der Waals surface area contributed by atoms with Crippen molar-refractivity contribution in [1.82, 2.24) is 41.7 Å². The lowest BCUT2D eigenvalue weighted by atomic mass is 9.87. The van der Waals surface area contributed by atoms with Crippen molar-refractivity contribution in [2.45, 2.75) is 165 Å². The standard InChI is InChI=1S/C50H70N8O6/c1-33(51-3)45(59)55-41(49(63)57-31-15-13-29-43(57)47(61)53-39-27-17-21-35-19-9-11-23-37(35)39)25-7-5-6-8-26-42(56-46(60)34(2)52-4)50(64)58-32-16-14-30-44(58)48(62)54-40-28-18-22-36-20-10-12-24-38(36)40/h9-12,19-20,23-24,33-34,39-44,51-52H,5,7,13-18,21-22,25-32H2,1-4H3,(H,53,61)(H,54,62)(H,55,59)(H,56,60)/t33-,34-,39+,40+,41-,42-,43-,44-/m0/s1. The number of amides is 6. The molecule has 4 aliphatic rings. The summed E-state index contributed by atoms with van der Waals surface area (Å²) in [6.45, 7) is 4.27. The van der Waals surface area contributed by atoms with Crippen LogP contribution >= 0.6 is 0 Å². The quantitative estimate of drug-likeness (QED) is 0.109. The first kappa shape index (κ1) is 48.2. The molecule has 2 fully saturated rings. The molecule has 0 bridgehead atoms. The van der Waals surface area contributed by atoms with Gasteiger partial charge < -0.3 is 41.7 Å². The molecule has 2 aliphatic heterocycles. The van der Waals surface area contributed by atoms with E-state index in [0.29, 0.717) is 45.2 Å². The Labute approximate surface area is 379 Å². The third kappa shape index (κ3) is 12.3.